The molecule has 1 aromatic carbocycles. The normalized spacial score (nSPS) is 25.1. The van der Waals surface area contributed by atoms with Gasteiger partial charge in [0.1, 0.15) is 0 Å². The minimum absolute atomic E-state index is 0. The molecule has 1 aromatic rings. The number of nitrogens with one attached hydrogen (secondary N) is 2. The van der Waals surface area contributed by atoms with Gasteiger partial charge in [0.2, 0.25) is 5.91 Å². The van der Waals surface area contributed by atoms with Gasteiger partial charge in [-0.2, -0.15) is 13.2 Å². The fraction of sp³-hybridized carbons (Fsp3) is 0.667. The summed E-state index contributed by atoms with van der Waals surface area (Å²) in [6, 6.07) is 5.54. The lowest BCUT2D eigenvalue weighted by atomic mass is 9.73. The maximum atomic E-state index is 13.2. The first-order valence-electron chi connectivity index (χ1n) is 10.1. The zero-order valence-electron chi connectivity index (χ0n) is 16.3. The third-order valence-electron chi connectivity index (χ3n) is 6.96. The van der Waals surface area contributed by atoms with E-state index in [4.69, 9.17) is 4.74 Å². The summed E-state index contributed by atoms with van der Waals surface area (Å²) in [4.78, 5) is 12.8. The number of ether oxygens (including phenoxy) is 1. The van der Waals surface area contributed by atoms with Crippen molar-refractivity contribution in [3.05, 3.63) is 35.4 Å². The summed E-state index contributed by atoms with van der Waals surface area (Å²) in [6.07, 6.45) is -0.181. The zero-order chi connectivity index (χ0) is 19.8. The molecule has 162 valence electrons. The van der Waals surface area contributed by atoms with E-state index in [1.54, 1.807) is 6.07 Å². The predicted molar refractivity (Wildman–Crippen MR) is 106 cm³/mol. The van der Waals surface area contributed by atoms with Gasteiger partial charge in [-0.1, -0.05) is 18.2 Å². The molecule has 1 aliphatic carbocycles. The van der Waals surface area contributed by atoms with Crippen LogP contribution in [0.2, 0.25) is 0 Å². The molecule has 0 bridgehead atoms. The maximum absolute atomic E-state index is 13.2. The van der Waals surface area contributed by atoms with Crippen LogP contribution in [0.15, 0.2) is 24.3 Å². The molecule has 2 heterocycles. The average molecular weight is 433 g/mol. The lowest BCUT2D eigenvalue weighted by Crippen LogP contribution is -2.45. The van der Waals surface area contributed by atoms with Crippen molar-refractivity contribution < 1.29 is 22.7 Å². The van der Waals surface area contributed by atoms with Crippen LogP contribution in [0.4, 0.5) is 13.2 Å². The SMILES string of the molecule is Cl.O=C(NCC1(c2cccc(C(F)(F)F)c2)CCOCC1)C1CC12CCNCC2. The van der Waals surface area contributed by atoms with Crippen LogP contribution in [0, 0.1) is 11.3 Å². The monoisotopic (exact) mass is 432 g/mol. The molecule has 0 aromatic heterocycles. The second-order valence-electron chi connectivity index (χ2n) is 8.56. The van der Waals surface area contributed by atoms with Crippen LogP contribution in [0.25, 0.3) is 0 Å². The topological polar surface area (TPSA) is 50.4 Å². The number of amides is 1. The number of benzene rings is 1. The maximum Gasteiger partial charge on any atom is 0.416 e. The average Bonchev–Trinajstić information content (AvgIpc) is 3.39. The number of hydrogen-bond acceptors (Lipinski definition) is 3. The molecule has 1 unspecified atom stereocenters. The molecular weight excluding hydrogens is 405 g/mol. The van der Waals surface area contributed by atoms with Crippen molar-refractivity contribution in [2.75, 3.05) is 32.8 Å². The Morgan fingerprint density at radius 3 is 2.52 bits per heavy atom. The van der Waals surface area contributed by atoms with Crippen molar-refractivity contribution in [2.45, 2.75) is 43.7 Å². The summed E-state index contributed by atoms with van der Waals surface area (Å²) in [5, 5.41) is 6.42. The predicted octanol–water partition coefficient (Wildman–Crippen LogP) is 3.68. The molecule has 1 spiro atoms. The van der Waals surface area contributed by atoms with Crippen LogP contribution in [0.5, 0.6) is 0 Å². The summed E-state index contributed by atoms with van der Waals surface area (Å²) in [5.74, 6) is 0.104. The molecular formula is C21H28ClF3N2O2. The molecule has 3 aliphatic rings. The number of carbonyl (C=O) groups is 1. The highest BCUT2D eigenvalue weighted by Gasteiger charge is 2.57. The minimum atomic E-state index is -4.37. The van der Waals surface area contributed by atoms with E-state index in [2.05, 4.69) is 10.6 Å². The van der Waals surface area contributed by atoms with Gasteiger partial charge >= 0.3 is 6.18 Å². The van der Waals surface area contributed by atoms with Crippen LogP contribution in [0.1, 0.15) is 43.2 Å². The zero-order valence-corrected chi connectivity index (χ0v) is 17.1. The molecule has 1 amide bonds. The van der Waals surface area contributed by atoms with Gasteiger partial charge in [-0.25, -0.2) is 0 Å². The van der Waals surface area contributed by atoms with Crippen LogP contribution in [0.3, 0.4) is 0 Å². The van der Waals surface area contributed by atoms with Gasteiger partial charge in [-0.3, -0.25) is 4.79 Å². The van der Waals surface area contributed by atoms with Crippen LogP contribution in [-0.2, 0) is 21.1 Å². The molecule has 4 rings (SSSR count). The van der Waals surface area contributed by atoms with Crippen LogP contribution < -0.4 is 10.6 Å². The highest BCUT2D eigenvalue weighted by molar-refractivity contribution is 5.85. The number of alkyl halides is 3. The molecule has 0 radical (unpaired) electrons. The first kappa shape index (κ1) is 22.4. The molecule has 29 heavy (non-hydrogen) atoms. The van der Waals surface area contributed by atoms with Crippen LogP contribution >= 0.6 is 12.4 Å². The molecule has 2 N–H and O–H groups in total. The fourth-order valence-corrected chi connectivity index (χ4v) is 4.93. The molecule has 3 fully saturated rings. The fourth-order valence-electron chi connectivity index (χ4n) is 4.93. The molecule has 1 saturated carbocycles. The highest BCUT2D eigenvalue weighted by atomic mass is 35.5. The van der Waals surface area contributed by atoms with E-state index in [0.29, 0.717) is 38.2 Å². The number of piperidine rings is 1. The number of rotatable bonds is 4. The van der Waals surface area contributed by atoms with Crippen LogP contribution in [-0.4, -0.2) is 38.8 Å². The van der Waals surface area contributed by atoms with Crippen molar-refractivity contribution >= 4 is 18.3 Å². The summed E-state index contributed by atoms with van der Waals surface area (Å²) < 4.78 is 45.0. The van der Waals surface area contributed by atoms with Gasteiger partial charge in [-0.05, 0) is 62.2 Å². The Hall–Kier alpha value is -1.31. The van der Waals surface area contributed by atoms with Crippen molar-refractivity contribution in [3.63, 3.8) is 0 Å². The summed E-state index contributed by atoms with van der Waals surface area (Å²) in [7, 11) is 0. The second-order valence-corrected chi connectivity index (χ2v) is 8.56. The summed E-state index contributed by atoms with van der Waals surface area (Å²) in [5.41, 5.74) is -0.365. The quantitative estimate of drug-likeness (QED) is 0.763. The summed E-state index contributed by atoms with van der Waals surface area (Å²) in [6.45, 7) is 3.25. The van der Waals surface area contributed by atoms with Crippen molar-refractivity contribution in [2.24, 2.45) is 11.3 Å². The molecule has 4 nitrogen and oxygen atoms in total. The van der Waals surface area contributed by atoms with E-state index in [-0.39, 0.29) is 29.6 Å². The Labute approximate surface area is 175 Å². The van der Waals surface area contributed by atoms with E-state index in [9.17, 15) is 18.0 Å². The van der Waals surface area contributed by atoms with E-state index >= 15 is 0 Å². The third kappa shape index (κ3) is 4.57. The van der Waals surface area contributed by atoms with Gasteiger partial charge < -0.3 is 15.4 Å². The van der Waals surface area contributed by atoms with Crippen molar-refractivity contribution in [3.8, 4) is 0 Å². The highest BCUT2D eigenvalue weighted by Crippen LogP contribution is 2.58. The van der Waals surface area contributed by atoms with Gasteiger partial charge in [0.15, 0.2) is 0 Å². The first-order valence-corrected chi connectivity index (χ1v) is 10.1. The Morgan fingerprint density at radius 2 is 1.86 bits per heavy atom. The molecule has 1 atom stereocenters. The molecule has 8 heteroatoms. The van der Waals surface area contributed by atoms with E-state index in [1.807, 2.05) is 0 Å². The minimum Gasteiger partial charge on any atom is -0.381 e. The largest absolute Gasteiger partial charge is 0.416 e. The molecule has 2 aliphatic heterocycles. The Morgan fingerprint density at radius 1 is 1.17 bits per heavy atom. The summed E-state index contributed by atoms with van der Waals surface area (Å²) >= 11 is 0. The van der Waals surface area contributed by atoms with E-state index in [1.165, 1.54) is 12.1 Å². The number of halogens is 4. The first-order chi connectivity index (χ1) is 13.3. The van der Waals surface area contributed by atoms with E-state index in [0.717, 1.165) is 38.4 Å². The molecule has 2 saturated heterocycles. The lowest BCUT2D eigenvalue weighted by Gasteiger charge is -2.38. The lowest BCUT2D eigenvalue weighted by molar-refractivity contribution is -0.137. The van der Waals surface area contributed by atoms with Crippen molar-refractivity contribution in [1.82, 2.24) is 10.6 Å². The number of hydrogen-bond donors (Lipinski definition) is 2. The van der Waals surface area contributed by atoms with Gasteiger partial charge in [0.05, 0.1) is 5.56 Å². The van der Waals surface area contributed by atoms with E-state index < -0.39 is 17.2 Å². The van der Waals surface area contributed by atoms with Gasteiger partial charge in [-0.15, -0.1) is 12.4 Å². The standard InChI is InChI=1S/C21H27F3N2O2.ClH/c22-21(23,24)16-3-1-2-15(12-16)20(6-10-28-11-7-20)14-26-18(27)17-13-19(17)4-8-25-9-5-19;/h1-3,12,17,25H,4-11,13-14H2,(H,26,27);1H. The third-order valence-corrected chi connectivity index (χ3v) is 6.96. The van der Waals surface area contributed by atoms with Crippen molar-refractivity contribution in [1.29, 1.82) is 0 Å². The number of carbonyl (C=O) groups excluding carboxylic acids is 1. The second kappa shape index (κ2) is 8.44. The smallest absolute Gasteiger partial charge is 0.381 e. The Bertz CT molecular complexity index is 729. The Balaban J connectivity index is 0.00000240. The Kier molecular flexibility index (Phi) is 6.51. The van der Waals surface area contributed by atoms with Gasteiger partial charge in [0, 0.05) is 31.1 Å². The van der Waals surface area contributed by atoms with Gasteiger partial charge in [0.25, 0.3) is 0 Å².